The second-order valence-corrected chi connectivity index (χ2v) is 11.0. The quantitative estimate of drug-likeness (QED) is 0.386. The smallest absolute Gasteiger partial charge is 0.480 e. The van der Waals surface area contributed by atoms with Crippen molar-refractivity contribution in [3.8, 4) is 16.9 Å². The highest BCUT2D eigenvalue weighted by atomic mass is 32.2. The largest absolute Gasteiger partial charge is 0.573 e. The Morgan fingerprint density at radius 1 is 1.10 bits per heavy atom. The van der Waals surface area contributed by atoms with Gasteiger partial charge in [0.05, 0.1) is 4.70 Å². The Hall–Kier alpha value is -2.26. The van der Waals surface area contributed by atoms with E-state index < -0.39 is 17.1 Å². The molecule has 4 nitrogen and oxygen atoms in total. The highest BCUT2D eigenvalue weighted by Crippen LogP contribution is 2.47. The number of alkyl halides is 3. The van der Waals surface area contributed by atoms with Crippen LogP contribution in [0.3, 0.4) is 0 Å². The summed E-state index contributed by atoms with van der Waals surface area (Å²) in [6, 6.07) is 9.32. The maximum atomic E-state index is 12.5. The fourth-order valence-electron chi connectivity index (χ4n) is 3.51. The van der Waals surface area contributed by atoms with Crippen molar-refractivity contribution < 1.29 is 27.8 Å². The summed E-state index contributed by atoms with van der Waals surface area (Å²) in [4.78, 5) is 12.9. The number of hydrogen-bond donors (Lipinski definition) is 1. The monoisotopic (exact) mass is 469 g/mol. The highest BCUT2D eigenvalue weighted by Gasteiger charge is 2.39. The molecule has 0 bridgehead atoms. The van der Waals surface area contributed by atoms with Crippen LogP contribution in [0.5, 0.6) is 5.75 Å². The number of carboxylic acid groups (broad SMARTS) is 1. The summed E-state index contributed by atoms with van der Waals surface area (Å²) in [6.07, 6.45) is -2.63. The molecule has 0 aliphatic rings. The van der Waals surface area contributed by atoms with Crippen molar-refractivity contribution in [1.82, 2.24) is 4.37 Å². The normalized spacial score (nSPS) is 14.4. The number of carboxylic acids is 1. The lowest BCUT2D eigenvalue weighted by atomic mass is 9.85. The molecular formula is C22H22F3NO3S2. The second kappa shape index (κ2) is 8.35. The molecule has 1 heterocycles. The van der Waals surface area contributed by atoms with Crippen molar-refractivity contribution in [3.05, 3.63) is 42.6 Å². The van der Waals surface area contributed by atoms with Crippen LogP contribution < -0.4 is 4.74 Å². The summed E-state index contributed by atoms with van der Waals surface area (Å²) in [6.45, 7) is 7.66. The fraction of sp³-hybridized carbons (Fsp3) is 0.364. The number of hydrogen-bond acceptors (Lipinski definition) is 5. The summed E-state index contributed by atoms with van der Waals surface area (Å²) in [5.41, 5.74) is 1.20. The van der Waals surface area contributed by atoms with Gasteiger partial charge in [-0.25, -0.2) is 0 Å². The number of aliphatic carboxylic acids is 1. The van der Waals surface area contributed by atoms with Gasteiger partial charge in [0.2, 0.25) is 0 Å². The Labute approximate surface area is 186 Å². The molecule has 1 N–H and O–H groups in total. The molecule has 0 amide bonds. The molecule has 9 heteroatoms. The SMILES string of the molecule is CC(C)(C)CC(C)(Sc1ccc2cnsc2c1-c1ccc(OC(F)(F)F)cc1)C(=O)O. The van der Waals surface area contributed by atoms with Crippen LogP contribution in [0, 0.1) is 5.41 Å². The van der Waals surface area contributed by atoms with Crippen LogP contribution in [0.15, 0.2) is 47.5 Å². The van der Waals surface area contributed by atoms with Crippen molar-refractivity contribution in [3.63, 3.8) is 0 Å². The lowest BCUT2D eigenvalue weighted by Gasteiger charge is -2.32. The van der Waals surface area contributed by atoms with Crippen LogP contribution in [-0.2, 0) is 4.79 Å². The predicted molar refractivity (Wildman–Crippen MR) is 118 cm³/mol. The van der Waals surface area contributed by atoms with Crippen LogP contribution in [-0.4, -0.2) is 26.6 Å². The number of benzene rings is 2. The molecule has 3 rings (SSSR count). The Morgan fingerprint density at radius 2 is 1.74 bits per heavy atom. The third-order valence-corrected chi connectivity index (χ3v) is 6.68. The van der Waals surface area contributed by atoms with E-state index in [9.17, 15) is 23.1 Å². The molecule has 0 saturated carbocycles. The topological polar surface area (TPSA) is 59.4 Å². The average Bonchev–Trinajstić information content (AvgIpc) is 3.08. The first-order chi connectivity index (χ1) is 14.3. The zero-order chi connectivity index (χ0) is 23.0. The minimum atomic E-state index is -4.77. The molecule has 31 heavy (non-hydrogen) atoms. The van der Waals surface area contributed by atoms with Gasteiger partial charge in [-0.3, -0.25) is 4.79 Å². The molecule has 0 radical (unpaired) electrons. The molecule has 3 aromatic rings. The van der Waals surface area contributed by atoms with Gasteiger partial charge < -0.3 is 9.84 Å². The van der Waals surface area contributed by atoms with E-state index in [0.717, 1.165) is 20.5 Å². The first kappa shape index (κ1) is 23.4. The van der Waals surface area contributed by atoms with Crippen molar-refractivity contribution >= 4 is 39.3 Å². The first-order valence-corrected chi connectivity index (χ1v) is 11.0. The second-order valence-electron chi connectivity index (χ2n) is 8.63. The number of nitrogens with zero attached hydrogens (tertiary/aromatic N) is 1. The van der Waals surface area contributed by atoms with E-state index in [4.69, 9.17) is 0 Å². The highest BCUT2D eigenvalue weighted by molar-refractivity contribution is 8.01. The van der Waals surface area contributed by atoms with Crippen LogP contribution in [0.25, 0.3) is 21.2 Å². The number of fused-ring (bicyclic) bond motifs is 1. The van der Waals surface area contributed by atoms with Gasteiger partial charge in [-0.1, -0.05) is 39.0 Å². The zero-order valence-corrected chi connectivity index (χ0v) is 19.0. The summed E-state index contributed by atoms with van der Waals surface area (Å²) in [5, 5.41) is 10.9. The molecule has 0 spiro atoms. The van der Waals surface area contributed by atoms with Gasteiger partial charge >= 0.3 is 12.3 Å². The number of rotatable bonds is 6. The Morgan fingerprint density at radius 3 is 2.29 bits per heavy atom. The van der Waals surface area contributed by atoms with Gasteiger partial charge in [-0.05, 0) is 54.1 Å². The van der Waals surface area contributed by atoms with Gasteiger partial charge in [0.1, 0.15) is 10.5 Å². The van der Waals surface area contributed by atoms with Crippen LogP contribution in [0.1, 0.15) is 34.1 Å². The molecule has 0 saturated heterocycles. The Kier molecular flexibility index (Phi) is 6.30. The van der Waals surface area contributed by atoms with Gasteiger partial charge in [0, 0.05) is 22.0 Å². The number of aromatic nitrogens is 1. The van der Waals surface area contributed by atoms with E-state index in [0.29, 0.717) is 12.0 Å². The summed E-state index contributed by atoms with van der Waals surface area (Å²) in [7, 11) is 0. The molecule has 1 aromatic heterocycles. The first-order valence-electron chi connectivity index (χ1n) is 9.43. The predicted octanol–water partition coefficient (Wildman–Crippen LogP) is 7.23. The molecule has 2 aromatic carbocycles. The summed E-state index contributed by atoms with van der Waals surface area (Å²) < 4.78 is 45.5. The zero-order valence-electron chi connectivity index (χ0n) is 17.4. The van der Waals surface area contributed by atoms with Crippen LogP contribution >= 0.6 is 23.3 Å². The lowest BCUT2D eigenvalue weighted by molar-refractivity contribution is -0.274. The molecule has 166 valence electrons. The molecule has 0 fully saturated rings. The van der Waals surface area contributed by atoms with E-state index in [-0.39, 0.29) is 11.2 Å². The summed E-state index contributed by atoms with van der Waals surface area (Å²) >= 11 is 2.51. The molecule has 0 aliphatic heterocycles. The maximum absolute atomic E-state index is 12.5. The minimum absolute atomic E-state index is 0.217. The molecule has 0 aliphatic carbocycles. The van der Waals surface area contributed by atoms with Crippen molar-refractivity contribution in [2.24, 2.45) is 5.41 Å². The molecule has 1 unspecified atom stereocenters. The van der Waals surface area contributed by atoms with Gasteiger partial charge in [-0.15, -0.1) is 24.9 Å². The number of halogens is 3. The molecule has 1 atom stereocenters. The van der Waals surface area contributed by atoms with E-state index in [2.05, 4.69) is 9.11 Å². The summed E-state index contributed by atoms with van der Waals surface area (Å²) in [5.74, 6) is -1.23. The van der Waals surface area contributed by atoms with E-state index in [1.807, 2.05) is 32.9 Å². The van der Waals surface area contributed by atoms with Crippen molar-refractivity contribution in [2.75, 3.05) is 0 Å². The van der Waals surface area contributed by atoms with E-state index >= 15 is 0 Å². The standard InChI is InChI=1S/C22H22F3NO3S2/c1-20(2,3)12-21(4,19(27)28)30-16-10-7-14-11-26-31-18(14)17(16)13-5-8-15(9-6-13)29-22(23,24)25/h5-11H,12H2,1-4H3,(H,27,28). The van der Waals surface area contributed by atoms with Crippen molar-refractivity contribution in [1.29, 1.82) is 0 Å². The Balaban J connectivity index is 2.08. The number of carbonyl (C=O) groups is 1. The maximum Gasteiger partial charge on any atom is 0.573 e. The molecular weight excluding hydrogens is 447 g/mol. The average molecular weight is 470 g/mol. The fourth-order valence-corrected chi connectivity index (χ4v) is 5.93. The van der Waals surface area contributed by atoms with Gasteiger partial charge in [0.15, 0.2) is 0 Å². The van der Waals surface area contributed by atoms with E-state index in [1.165, 1.54) is 35.4 Å². The van der Waals surface area contributed by atoms with Gasteiger partial charge in [0.25, 0.3) is 0 Å². The number of ether oxygens (including phenoxy) is 1. The van der Waals surface area contributed by atoms with Crippen LogP contribution in [0.4, 0.5) is 13.2 Å². The van der Waals surface area contributed by atoms with Gasteiger partial charge in [-0.2, -0.15) is 4.37 Å². The minimum Gasteiger partial charge on any atom is -0.480 e. The van der Waals surface area contributed by atoms with Crippen molar-refractivity contribution in [2.45, 2.75) is 50.1 Å². The van der Waals surface area contributed by atoms with Crippen LogP contribution in [0.2, 0.25) is 0 Å². The number of thioether (sulfide) groups is 1. The third kappa shape index (κ3) is 5.71. The van der Waals surface area contributed by atoms with E-state index in [1.54, 1.807) is 25.3 Å². The third-order valence-electron chi connectivity index (χ3n) is 4.52. The Bertz CT molecular complexity index is 1090. The lowest BCUT2D eigenvalue weighted by Crippen LogP contribution is -2.35.